The zero-order valence-corrected chi connectivity index (χ0v) is 13.0. The third kappa shape index (κ3) is 4.65. The highest BCUT2D eigenvalue weighted by molar-refractivity contribution is 5.75. The van der Waals surface area contributed by atoms with Gasteiger partial charge in [0.2, 0.25) is 5.91 Å². The molecule has 7 heteroatoms. The molecule has 1 heterocycles. The molecule has 0 aliphatic heterocycles. The van der Waals surface area contributed by atoms with Gasteiger partial charge in [-0.25, -0.2) is 4.79 Å². The molecule has 7 nitrogen and oxygen atoms in total. The van der Waals surface area contributed by atoms with Crippen LogP contribution in [0.5, 0.6) is 0 Å². The SMILES string of the molecule is CNCCNC(=O)Cn1c(=O)ccn(Cc2ccccc2)c1=O. The van der Waals surface area contributed by atoms with Crippen LogP contribution in [0.4, 0.5) is 0 Å². The number of hydrogen-bond donors (Lipinski definition) is 2. The van der Waals surface area contributed by atoms with Crippen molar-refractivity contribution >= 4 is 5.91 Å². The van der Waals surface area contributed by atoms with Gasteiger partial charge in [0.25, 0.3) is 5.56 Å². The Labute approximate surface area is 133 Å². The standard InChI is InChI=1S/C16H20N4O3/c1-17-8-9-18-14(21)12-20-15(22)7-10-19(16(20)23)11-13-5-3-2-4-6-13/h2-7,10,17H,8-9,11-12H2,1H3,(H,18,21). The Morgan fingerprint density at radius 3 is 2.52 bits per heavy atom. The van der Waals surface area contributed by atoms with Gasteiger partial charge in [0, 0.05) is 25.4 Å². The lowest BCUT2D eigenvalue weighted by Crippen LogP contribution is -2.43. The largest absolute Gasteiger partial charge is 0.353 e. The first-order valence-corrected chi connectivity index (χ1v) is 7.37. The Balaban J connectivity index is 2.17. The Morgan fingerprint density at radius 1 is 1.09 bits per heavy atom. The molecule has 0 aliphatic rings. The third-order valence-electron chi connectivity index (χ3n) is 3.33. The second kappa shape index (κ2) is 8.09. The molecule has 1 aromatic heterocycles. The van der Waals surface area contributed by atoms with Crippen molar-refractivity contribution in [1.82, 2.24) is 19.8 Å². The maximum Gasteiger partial charge on any atom is 0.331 e. The van der Waals surface area contributed by atoms with Crippen molar-refractivity contribution in [2.75, 3.05) is 20.1 Å². The van der Waals surface area contributed by atoms with Gasteiger partial charge in [0.15, 0.2) is 0 Å². The molecule has 1 amide bonds. The highest BCUT2D eigenvalue weighted by Crippen LogP contribution is 1.99. The molecule has 2 N–H and O–H groups in total. The zero-order valence-electron chi connectivity index (χ0n) is 13.0. The Hall–Kier alpha value is -2.67. The fourth-order valence-corrected chi connectivity index (χ4v) is 2.13. The lowest BCUT2D eigenvalue weighted by molar-refractivity contribution is -0.121. The van der Waals surface area contributed by atoms with Gasteiger partial charge in [-0.1, -0.05) is 30.3 Å². The van der Waals surface area contributed by atoms with Crippen molar-refractivity contribution in [3.05, 3.63) is 69.0 Å². The zero-order chi connectivity index (χ0) is 16.7. The minimum absolute atomic E-state index is 0.281. The van der Waals surface area contributed by atoms with E-state index in [4.69, 9.17) is 0 Å². The normalized spacial score (nSPS) is 10.5. The molecule has 122 valence electrons. The first kappa shape index (κ1) is 16.7. The average Bonchev–Trinajstić information content (AvgIpc) is 2.55. The molecule has 0 spiro atoms. The van der Waals surface area contributed by atoms with E-state index in [-0.39, 0.29) is 12.5 Å². The Bertz CT molecular complexity index is 765. The number of aromatic nitrogens is 2. The van der Waals surface area contributed by atoms with Crippen LogP contribution in [0.15, 0.2) is 52.2 Å². The molecule has 0 radical (unpaired) electrons. The smallest absolute Gasteiger partial charge is 0.331 e. The summed E-state index contributed by atoms with van der Waals surface area (Å²) < 4.78 is 2.36. The lowest BCUT2D eigenvalue weighted by atomic mass is 10.2. The van der Waals surface area contributed by atoms with E-state index >= 15 is 0 Å². The van der Waals surface area contributed by atoms with Crippen molar-refractivity contribution in [1.29, 1.82) is 0 Å². The van der Waals surface area contributed by atoms with E-state index in [9.17, 15) is 14.4 Å². The maximum atomic E-state index is 12.4. The molecule has 2 rings (SSSR count). The molecule has 0 saturated carbocycles. The van der Waals surface area contributed by atoms with Crippen LogP contribution in [-0.4, -0.2) is 35.2 Å². The third-order valence-corrected chi connectivity index (χ3v) is 3.33. The van der Waals surface area contributed by atoms with Gasteiger partial charge < -0.3 is 10.6 Å². The van der Waals surface area contributed by atoms with Crippen LogP contribution in [0.25, 0.3) is 0 Å². The van der Waals surface area contributed by atoms with E-state index in [1.807, 2.05) is 30.3 Å². The molecular weight excluding hydrogens is 296 g/mol. The highest BCUT2D eigenvalue weighted by Gasteiger charge is 2.09. The Kier molecular flexibility index (Phi) is 5.87. The second-order valence-corrected chi connectivity index (χ2v) is 5.09. The van der Waals surface area contributed by atoms with Crippen LogP contribution in [0, 0.1) is 0 Å². The monoisotopic (exact) mass is 316 g/mol. The number of nitrogens with one attached hydrogen (secondary N) is 2. The van der Waals surface area contributed by atoms with E-state index in [0.717, 1.165) is 10.1 Å². The van der Waals surface area contributed by atoms with Crippen molar-refractivity contribution in [2.24, 2.45) is 0 Å². The molecular formula is C16H20N4O3. The van der Waals surface area contributed by atoms with Crippen LogP contribution in [-0.2, 0) is 17.9 Å². The first-order chi connectivity index (χ1) is 11.1. The fraction of sp³-hybridized carbons (Fsp3) is 0.312. The second-order valence-electron chi connectivity index (χ2n) is 5.09. The summed E-state index contributed by atoms with van der Waals surface area (Å²) in [4.78, 5) is 36.1. The number of likely N-dealkylation sites (N-methyl/N-ethyl adjacent to an activating group) is 1. The quantitative estimate of drug-likeness (QED) is 0.668. The van der Waals surface area contributed by atoms with Gasteiger partial charge in [-0.2, -0.15) is 0 Å². The van der Waals surface area contributed by atoms with E-state index < -0.39 is 11.2 Å². The fourth-order valence-electron chi connectivity index (χ4n) is 2.13. The summed E-state index contributed by atoms with van der Waals surface area (Å²) in [7, 11) is 1.77. The average molecular weight is 316 g/mol. The van der Waals surface area contributed by atoms with E-state index in [0.29, 0.717) is 19.6 Å². The van der Waals surface area contributed by atoms with Crippen LogP contribution in [0.3, 0.4) is 0 Å². The molecule has 0 bridgehead atoms. The van der Waals surface area contributed by atoms with Gasteiger partial charge in [-0.3, -0.25) is 18.7 Å². The summed E-state index contributed by atoms with van der Waals surface area (Å²) in [6, 6.07) is 10.7. The van der Waals surface area contributed by atoms with Crippen molar-refractivity contribution in [3.63, 3.8) is 0 Å². The summed E-state index contributed by atoms with van der Waals surface area (Å²) in [5, 5.41) is 5.54. The molecule has 23 heavy (non-hydrogen) atoms. The summed E-state index contributed by atoms with van der Waals surface area (Å²) in [5.74, 6) is -0.364. The van der Waals surface area contributed by atoms with E-state index in [1.165, 1.54) is 16.8 Å². The van der Waals surface area contributed by atoms with Crippen LogP contribution in [0.1, 0.15) is 5.56 Å². The van der Waals surface area contributed by atoms with Gasteiger partial charge >= 0.3 is 5.69 Å². The predicted molar refractivity (Wildman–Crippen MR) is 87.4 cm³/mol. The highest BCUT2D eigenvalue weighted by atomic mass is 16.2. The number of nitrogens with zero attached hydrogens (tertiary/aromatic N) is 2. The Morgan fingerprint density at radius 2 is 1.83 bits per heavy atom. The van der Waals surface area contributed by atoms with E-state index in [2.05, 4.69) is 10.6 Å². The molecule has 0 atom stereocenters. The summed E-state index contributed by atoms with van der Waals surface area (Å²) in [6.07, 6.45) is 1.45. The summed E-state index contributed by atoms with van der Waals surface area (Å²) in [5.41, 5.74) is -0.0357. The predicted octanol–water partition coefficient (Wildman–Crippen LogP) is -0.606. The first-order valence-electron chi connectivity index (χ1n) is 7.37. The number of amides is 1. The van der Waals surface area contributed by atoms with Crippen molar-refractivity contribution < 1.29 is 4.79 Å². The minimum atomic E-state index is -0.495. The summed E-state index contributed by atoms with van der Waals surface area (Å²) in [6.45, 7) is 1.13. The van der Waals surface area contributed by atoms with Crippen LogP contribution < -0.4 is 21.9 Å². The van der Waals surface area contributed by atoms with Crippen molar-refractivity contribution in [2.45, 2.75) is 13.1 Å². The van der Waals surface area contributed by atoms with Gasteiger partial charge in [0.1, 0.15) is 6.54 Å². The van der Waals surface area contributed by atoms with Gasteiger partial charge in [-0.15, -0.1) is 0 Å². The van der Waals surface area contributed by atoms with E-state index in [1.54, 1.807) is 7.05 Å². The molecule has 2 aromatic rings. The van der Waals surface area contributed by atoms with Gasteiger partial charge in [0.05, 0.1) is 6.54 Å². The van der Waals surface area contributed by atoms with Crippen molar-refractivity contribution in [3.8, 4) is 0 Å². The molecule has 0 fully saturated rings. The lowest BCUT2D eigenvalue weighted by Gasteiger charge is -2.10. The van der Waals surface area contributed by atoms with Crippen LogP contribution >= 0.6 is 0 Å². The van der Waals surface area contributed by atoms with Crippen LogP contribution in [0.2, 0.25) is 0 Å². The number of hydrogen-bond acceptors (Lipinski definition) is 4. The summed E-state index contributed by atoms with van der Waals surface area (Å²) >= 11 is 0. The van der Waals surface area contributed by atoms with Gasteiger partial charge in [-0.05, 0) is 12.6 Å². The topological polar surface area (TPSA) is 85.1 Å². The minimum Gasteiger partial charge on any atom is -0.353 e. The molecule has 0 saturated heterocycles. The maximum absolute atomic E-state index is 12.4. The number of rotatable bonds is 7. The number of benzene rings is 1. The molecule has 0 unspecified atom stereocenters. The molecule has 1 aromatic carbocycles. The number of carbonyl (C=O) groups is 1. The molecule has 0 aliphatic carbocycles. The number of carbonyl (C=O) groups excluding carboxylic acids is 1.